The molecule has 8 nitrogen and oxygen atoms in total. The molecule has 0 unspecified atom stereocenters. The van der Waals surface area contributed by atoms with Crippen LogP contribution < -0.4 is 10.5 Å². The summed E-state index contributed by atoms with van der Waals surface area (Å²) in [6, 6.07) is 20.7. The standard InChI is InChI=1S/C28H31N5O3S/c1-2-3-15-25-32-26-27(22-12-6-7-13-23(22)31-28(26)29)33(25)17-19-36-18-16-30-37(34,35)24-14-8-10-20-9-4-5-11-21(20)24/h4-14,30H,2-3,15-19H2,1H3,(H2,29,31). The number of aromatic nitrogens is 3. The third kappa shape index (κ3) is 5.16. The van der Waals surface area contributed by atoms with Crippen LogP contribution in [-0.2, 0) is 27.7 Å². The molecule has 9 heteroatoms. The van der Waals surface area contributed by atoms with E-state index in [2.05, 4.69) is 21.2 Å². The number of benzene rings is 3. The van der Waals surface area contributed by atoms with Crippen molar-refractivity contribution in [1.29, 1.82) is 0 Å². The van der Waals surface area contributed by atoms with Crippen molar-refractivity contribution in [1.82, 2.24) is 19.3 Å². The summed E-state index contributed by atoms with van der Waals surface area (Å²) in [5.74, 6) is 1.39. The smallest absolute Gasteiger partial charge is 0.241 e. The fourth-order valence-corrected chi connectivity index (χ4v) is 5.93. The molecule has 0 aliphatic rings. The van der Waals surface area contributed by atoms with Crippen LogP contribution in [0.5, 0.6) is 0 Å². The van der Waals surface area contributed by atoms with Gasteiger partial charge in [0.15, 0.2) is 5.82 Å². The van der Waals surface area contributed by atoms with Gasteiger partial charge in [0.1, 0.15) is 11.3 Å². The number of nitrogens with one attached hydrogen (secondary N) is 1. The van der Waals surface area contributed by atoms with Crippen molar-refractivity contribution >= 4 is 48.5 Å². The number of hydrogen-bond donors (Lipinski definition) is 2. The molecule has 2 aromatic heterocycles. The molecule has 192 valence electrons. The number of rotatable bonds is 11. The number of nitrogen functional groups attached to an aromatic ring is 1. The molecule has 0 aliphatic carbocycles. The Morgan fingerprint density at radius 3 is 2.54 bits per heavy atom. The van der Waals surface area contributed by atoms with E-state index in [1.165, 1.54) is 0 Å². The van der Waals surface area contributed by atoms with Crippen molar-refractivity contribution < 1.29 is 13.2 Å². The van der Waals surface area contributed by atoms with E-state index in [0.29, 0.717) is 29.9 Å². The fraction of sp³-hybridized carbons (Fsp3) is 0.286. The molecule has 0 aliphatic heterocycles. The second-order valence-corrected chi connectivity index (χ2v) is 10.7. The maximum atomic E-state index is 12.9. The van der Waals surface area contributed by atoms with Crippen molar-refractivity contribution in [3.63, 3.8) is 0 Å². The van der Waals surface area contributed by atoms with Crippen molar-refractivity contribution in [3.8, 4) is 0 Å². The van der Waals surface area contributed by atoms with Gasteiger partial charge in [0.25, 0.3) is 0 Å². The molecule has 0 saturated carbocycles. The molecule has 0 bridgehead atoms. The number of anilines is 1. The molecule has 3 aromatic carbocycles. The van der Waals surface area contributed by atoms with E-state index in [4.69, 9.17) is 15.5 Å². The Kier molecular flexibility index (Phi) is 7.36. The molecule has 37 heavy (non-hydrogen) atoms. The molecular formula is C28H31N5O3S. The van der Waals surface area contributed by atoms with E-state index >= 15 is 0 Å². The van der Waals surface area contributed by atoms with Gasteiger partial charge in [-0.15, -0.1) is 0 Å². The first-order valence-corrected chi connectivity index (χ1v) is 14.1. The van der Waals surface area contributed by atoms with Gasteiger partial charge < -0.3 is 15.0 Å². The largest absolute Gasteiger partial charge is 0.382 e. The predicted molar refractivity (Wildman–Crippen MR) is 148 cm³/mol. The predicted octanol–water partition coefficient (Wildman–Crippen LogP) is 4.66. The zero-order valence-electron chi connectivity index (χ0n) is 20.9. The van der Waals surface area contributed by atoms with Crippen LogP contribution >= 0.6 is 0 Å². The van der Waals surface area contributed by atoms with Crippen LogP contribution in [0, 0.1) is 0 Å². The van der Waals surface area contributed by atoms with E-state index in [9.17, 15) is 8.42 Å². The van der Waals surface area contributed by atoms with Crippen LogP contribution in [0.25, 0.3) is 32.7 Å². The lowest BCUT2D eigenvalue weighted by Crippen LogP contribution is -2.28. The Bertz CT molecular complexity index is 1660. The van der Waals surface area contributed by atoms with Crippen LogP contribution in [0.15, 0.2) is 71.6 Å². The van der Waals surface area contributed by atoms with Crippen LogP contribution in [0.3, 0.4) is 0 Å². The summed E-state index contributed by atoms with van der Waals surface area (Å²) in [5.41, 5.74) is 8.78. The topological polar surface area (TPSA) is 112 Å². The van der Waals surface area contributed by atoms with Crippen molar-refractivity contribution in [2.75, 3.05) is 25.5 Å². The quantitative estimate of drug-likeness (QED) is 0.247. The first-order chi connectivity index (χ1) is 18.0. The summed E-state index contributed by atoms with van der Waals surface area (Å²) < 4.78 is 36.5. The third-order valence-corrected chi connectivity index (χ3v) is 8.00. The van der Waals surface area contributed by atoms with Gasteiger partial charge in [0.2, 0.25) is 10.0 Å². The lowest BCUT2D eigenvalue weighted by atomic mass is 10.1. The Morgan fingerprint density at radius 2 is 1.70 bits per heavy atom. The molecule has 2 heterocycles. The van der Waals surface area contributed by atoms with Gasteiger partial charge in [0.05, 0.1) is 29.1 Å². The highest BCUT2D eigenvalue weighted by molar-refractivity contribution is 7.89. The zero-order chi connectivity index (χ0) is 25.8. The molecule has 0 saturated heterocycles. The zero-order valence-corrected chi connectivity index (χ0v) is 21.7. The highest BCUT2D eigenvalue weighted by Gasteiger charge is 2.18. The van der Waals surface area contributed by atoms with Crippen LogP contribution in [0.2, 0.25) is 0 Å². The summed E-state index contributed by atoms with van der Waals surface area (Å²) >= 11 is 0. The average Bonchev–Trinajstić information content (AvgIpc) is 3.28. The van der Waals surface area contributed by atoms with Gasteiger partial charge in [-0.1, -0.05) is 67.9 Å². The van der Waals surface area contributed by atoms with Crippen LogP contribution in [0.1, 0.15) is 25.6 Å². The monoisotopic (exact) mass is 517 g/mol. The van der Waals surface area contributed by atoms with Gasteiger partial charge in [-0.3, -0.25) is 0 Å². The normalized spacial score (nSPS) is 12.1. The average molecular weight is 518 g/mol. The van der Waals surface area contributed by atoms with E-state index in [1.807, 2.05) is 54.6 Å². The lowest BCUT2D eigenvalue weighted by molar-refractivity contribution is 0.131. The number of unbranched alkanes of at least 4 members (excludes halogenated alkanes) is 1. The van der Waals surface area contributed by atoms with Crippen molar-refractivity contribution in [2.45, 2.75) is 37.6 Å². The van der Waals surface area contributed by atoms with Crippen LogP contribution in [0.4, 0.5) is 5.82 Å². The molecule has 5 aromatic rings. The van der Waals surface area contributed by atoms with E-state index in [1.54, 1.807) is 12.1 Å². The number of ether oxygens (including phenoxy) is 1. The highest BCUT2D eigenvalue weighted by atomic mass is 32.2. The second-order valence-electron chi connectivity index (χ2n) is 8.98. The Balaban J connectivity index is 1.27. The first kappa shape index (κ1) is 25.1. The minimum Gasteiger partial charge on any atom is -0.382 e. The van der Waals surface area contributed by atoms with Gasteiger partial charge in [-0.25, -0.2) is 23.1 Å². The number of nitrogens with zero attached hydrogens (tertiary/aromatic N) is 3. The number of pyridine rings is 1. The molecule has 0 spiro atoms. The molecule has 5 rings (SSSR count). The molecule has 0 atom stereocenters. The maximum absolute atomic E-state index is 12.9. The summed E-state index contributed by atoms with van der Waals surface area (Å²) in [6.45, 7) is 3.58. The number of imidazole rings is 1. The van der Waals surface area contributed by atoms with E-state index < -0.39 is 10.0 Å². The highest BCUT2D eigenvalue weighted by Crippen LogP contribution is 2.29. The number of para-hydroxylation sites is 1. The van der Waals surface area contributed by atoms with Gasteiger partial charge >= 0.3 is 0 Å². The third-order valence-electron chi connectivity index (χ3n) is 6.48. The maximum Gasteiger partial charge on any atom is 0.241 e. The van der Waals surface area contributed by atoms with Gasteiger partial charge in [-0.05, 0) is 23.9 Å². The Hall–Kier alpha value is -3.53. The molecule has 0 amide bonds. The van der Waals surface area contributed by atoms with Gasteiger partial charge in [-0.2, -0.15) is 0 Å². The number of nitrogens with two attached hydrogens (primary N) is 1. The summed E-state index contributed by atoms with van der Waals surface area (Å²) in [6.07, 6.45) is 2.92. The van der Waals surface area contributed by atoms with Gasteiger partial charge in [0, 0.05) is 30.3 Å². The Morgan fingerprint density at radius 1 is 0.946 bits per heavy atom. The van der Waals surface area contributed by atoms with E-state index in [0.717, 1.165) is 46.9 Å². The fourth-order valence-electron chi connectivity index (χ4n) is 4.69. The lowest BCUT2D eigenvalue weighted by Gasteiger charge is -2.12. The number of sulfonamides is 1. The summed E-state index contributed by atoms with van der Waals surface area (Å²) in [7, 11) is -3.66. The number of aryl methyl sites for hydroxylation is 1. The second kappa shape index (κ2) is 10.8. The minimum absolute atomic E-state index is 0.179. The Labute approximate surface area is 216 Å². The molecule has 0 radical (unpaired) electrons. The minimum atomic E-state index is -3.66. The molecule has 0 fully saturated rings. The summed E-state index contributed by atoms with van der Waals surface area (Å²) in [4.78, 5) is 9.64. The first-order valence-electron chi connectivity index (χ1n) is 12.6. The van der Waals surface area contributed by atoms with E-state index in [-0.39, 0.29) is 18.0 Å². The number of hydrogen-bond acceptors (Lipinski definition) is 6. The SMILES string of the molecule is CCCCc1nc2c(N)nc3ccccc3c2n1CCOCCNS(=O)(=O)c1cccc2ccccc12. The van der Waals surface area contributed by atoms with Crippen molar-refractivity contribution in [2.24, 2.45) is 0 Å². The summed E-state index contributed by atoms with van der Waals surface area (Å²) in [5, 5.41) is 2.59. The van der Waals surface area contributed by atoms with Crippen LogP contribution in [-0.4, -0.2) is 42.7 Å². The molecular weight excluding hydrogens is 486 g/mol. The molecule has 3 N–H and O–H groups in total. The number of fused-ring (bicyclic) bond motifs is 4. The van der Waals surface area contributed by atoms with Crippen molar-refractivity contribution in [3.05, 3.63) is 72.6 Å².